The molecule has 0 saturated carbocycles. The van der Waals surface area contributed by atoms with Crippen LogP contribution in [0.5, 0.6) is 0 Å². The summed E-state index contributed by atoms with van der Waals surface area (Å²) in [6, 6.07) is 13.8. The van der Waals surface area contributed by atoms with Crippen molar-refractivity contribution in [2.75, 3.05) is 5.75 Å². The molecule has 28 heavy (non-hydrogen) atoms. The van der Waals surface area contributed by atoms with Crippen LogP contribution < -0.4 is 4.72 Å². The fraction of sp³-hybridized carbons (Fsp3) is 0.222. The van der Waals surface area contributed by atoms with Gasteiger partial charge in [0, 0.05) is 0 Å². The van der Waals surface area contributed by atoms with Gasteiger partial charge in [0.25, 0.3) is 0 Å². The van der Waals surface area contributed by atoms with Crippen LogP contribution in [0.3, 0.4) is 0 Å². The maximum Gasteiger partial charge on any atom is 0.241 e. The molecule has 0 amide bonds. The van der Waals surface area contributed by atoms with Crippen LogP contribution in [-0.4, -0.2) is 37.4 Å². The number of hydrogen-bond acceptors (Lipinski definition) is 6. The fourth-order valence-corrected chi connectivity index (χ4v) is 4.76. The molecule has 0 aliphatic heterocycles. The first kappa shape index (κ1) is 20.2. The first-order valence-electron chi connectivity index (χ1n) is 8.54. The number of benzene rings is 2. The molecule has 0 fully saturated rings. The quantitative estimate of drug-likeness (QED) is 0.595. The van der Waals surface area contributed by atoms with Crippen molar-refractivity contribution in [1.29, 1.82) is 0 Å². The lowest BCUT2D eigenvalue weighted by Crippen LogP contribution is -2.31. The number of sulfonamides is 1. The van der Waals surface area contributed by atoms with Gasteiger partial charge in [0.15, 0.2) is 9.84 Å². The Morgan fingerprint density at radius 3 is 2.18 bits per heavy atom. The van der Waals surface area contributed by atoms with Gasteiger partial charge in [0.05, 0.1) is 28.1 Å². The predicted molar refractivity (Wildman–Crippen MR) is 104 cm³/mol. The third-order valence-corrected chi connectivity index (χ3v) is 7.45. The molecule has 0 saturated heterocycles. The Kier molecular flexibility index (Phi) is 5.92. The Hall–Kier alpha value is -2.56. The standard InChI is InChI=1S/C18H20N4O4S2/c1-2-27(23,24)16-8-10-17(11-9-16)28(25,26)21-18(12-22-14-19-13-20-22)15-6-4-3-5-7-15/h3-11,13-14,18,21H,2,12H2,1H3. The molecule has 3 aromatic rings. The van der Waals surface area contributed by atoms with E-state index < -0.39 is 25.9 Å². The summed E-state index contributed by atoms with van der Waals surface area (Å²) >= 11 is 0. The largest absolute Gasteiger partial charge is 0.251 e. The summed E-state index contributed by atoms with van der Waals surface area (Å²) in [4.78, 5) is 3.96. The van der Waals surface area contributed by atoms with E-state index in [-0.39, 0.29) is 22.1 Å². The minimum absolute atomic E-state index is 0.0120. The maximum absolute atomic E-state index is 12.9. The van der Waals surface area contributed by atoms with E-state index in [0.29, 0.717) is 0 Å². The van der Waals surface area contributed by atoms with Crippen molar-refractivity contribution in [2.45, 2.75) is 29.3 Å². The average molecular weight is 421 g/mol. The molecule has 0 radical (unpaired) electrons. The second kappa shape index (κ2) is 8.21. The Morgan fingerprint density at radius 2 is 1.61 bits per heavy atom. The van der Waals surface area contributed by atoms with Crippen LogP contribution in [0.25, 0.3) is 0 Å². The Balaban J connectivity index is 1.89. The second-order valence-corrected chi connectivity index (χ2v) is 10.1. The van der Waals surface area contributed by atoms with E-state index in [2.05, 4.69) is 14.8 Å². The van der Waals surface area contributed by atoms with E-state index in [0.717, 1.165) is 5.56 Å². The average Bonchev–Trinajstić information content (AvgIpc) is 3.21. The summed E-state index contributed by atoms with van der Waals surface area (Å²) < 4.78 is 53.8. The monoisotopic (exact) mass is 420 g/mol. The number of hydrogen-bond donors (Lipinski definition) is 1. The molecule has 3 rings (SSSR count). The molecule has 8 nitrogen and oxygen atoms in total. The Morgan fingerprint density at radius 1 is 0.964 bits per heavy atom. The molecule has 1 aromatic heterocycles. The second-order valence-electron chi connectivity index (χ2n) is 6.08. The fourth-order valence-electron chi connectivity index (χ4n) is 2.66. The third kappa shape index (κ3) is 4.64. The molecular formula is C18H20N4O4S2. The molecule has 1 atom stereocenters. The van der Waals surface area contributed by atoms with E-state index in [9.17, 15) is 16.8 Å². The summed E-state index contributed by atoms with van der Waals surface area (Å²) in [7, 11) is -7.28. The van der Waals surface area contributed by atoms with Crippen LogP contribution in [0.2, 0.25) is 0 Å². The lowest BCUT2D eigenvalue weighted by molar-refractivity contribution is 0.482. The van der Waals surface area contributed by atoms with E-state index in [1.807, 2.05) is 30.3 Å². The molecule has 0 bridgehead atoms. The molecule has 2 aromatic carbocycles. The van der Waals surface area contributed by atoms with E-state index in [1.54, 1.807) is 0 Å². The molecule has 1 unspecified atom stereocenters. The van der Waals surface area contributed by atoms with Gasteiger partial charge in [-0.2, -0.15) is 5.10 Å². The number of rotatable bonds is 8. The van der Waals surface area contributed by atoms with E-state index in [1.165, 1.54) is 48.5 Å². The number of aromatic nitrogens is 3. The van der Waals surface area contributed by atoms with Crippen LogP contribution in [-0.2, 0) is 26.4 Å². The van der Waals surface area contributed by atoms with Crippen LogP contribution in [0.4, 0.5) is 0 Å². The Labute approximate surface area is 164 Å². The molecule has 10 heteroatoms. The topological polar surface area (TPSA) is 111 Å². The summed E-state index contributed by atoms with van der Waals surface area (Å²) in [6.45, 7) is 1.79. The summed E-state index contributed by atoms with van der Waals surface area (Å²) in [5, 5.41) is 4.04. The number of sulfone groups is 1. The summed E-state index contributed by atoms with van der Waals surface area (Å²) in [5.74, 6) is -0.0503. The highest BCUT2D eigenvalue weighted by atomic mass is 32.2. The van der Waals surface area contributed by atoms with Crippen molar-refractivity contribution in [3.8, 4) is 0 Å². The third-order valence-electron chi connectivity index (χ3n) is 4.21. The highest BCUT2D eigenvalue weighted by Gasteiger charge is 2.23. The van der Waals surface area contributed by atoms with Crippen molar-refractivity contribution in [3.63, 3.8) is 0 Å². The van der Waals surface area contributed by atoms with Gasteiger partial charge in [0.1, 0.15) is 12.7 Å². The molecular weight excluding hydrogens is 400 g/mol. The van der Waals surface area contributed by atoms with Crippen molar-refractivity contribution in [1.82, 2.24) is 19.5 Å². The highest BCUT2D eigenvalue weighted by molar-refractivity contribution is 7.91. The zero-order valence-corrected chi connectivity index (χ0v) is 16.8. The summed E-state index contributed by atoms with van der Waals surface area (Å²) in [5.41, 5.74) is 0.770. The lowest BCUT2D eigenvalue weighted by atomic mass is 10.1. The van der Waals surface area contributed by atoms with Gasteiger partial charge in [-0.05, 0) is 29.8 Å². The normalized spacial score (nSPS) is 13.3. The SMILES string of the molecule is CCS(=O)(=O)c1ccc(S(=O)(=O)NC(Cn2cncn2)c2ccccc2)cc1. The molecule has 1 N–H and O–H groups in total. The zero-order chi connectivity index (χ0) is 20.2. The van der Waals surface area contributed by atoms with Crippen molar-refractivity contribution < 1.29 is 16.8 Å². The first-order valence-corrected chi connectivity index (χ1v) is 11.7. The predicted octanol–water partition coefficient (Wildman–Crippen LogP) is 1.79. The summed E-state index contributed by atoms with van der Waals surface area (Å²) in [6.07, 6.45) is 2.89. The van der Waals surface area contributed by atoms with Crippen molar-refractivity contribution >= 4 is 19.9 Å². The van der Waals surface area contributed by atoms with Gasteiger partial charge in [-0.1, -0.05) is 37.3 Å². The van der Waals surface area contributed by atoms with Crippen LogP contribution in [0.15, 0.2) is 77.0 Å². The minimum Gasteiger partial charge on any atom is -0.251 e. The maximum atomic E-state index is 12.9. The lowest BCUT2D eigenvalue weighted by Gasteiger charge is -2.19. The minimum atomic E-state index is -3.89. The molecule has 0 aliphatic rings. The molecule has 0 spiro atoms. The van der Waals surface area contributed by atoms with Gasteiger partial charge in [0.2, 0.25) is 10.0 Å². The molecule has 0 aliphatic carbocycles. The van der Waals surface area contributed by atoms with Crippen LogP contribution >= 0.6 is 0 Å². The van der Waals surface area contributed by atoms with Gasteiger partial charge in [-0.15, -0.1) is 0 Å². The van der Waals surface area contributed by atoms with Gasteiger partial charge < -0.3 is 0 Å². The number of nitrogens with zero attached hydrogens (tertiary/aromatic N) is 3. The highest BCUT2D eigenvalue weighted by Crippen LogP contribution is 2.20. The Bertz CT molecular complexity index is 1110. The van der Waals surface area contributed by atoms with Gasteiger partial charge >= 0.3 is 0 Å². The first-order chi connectivity index (χ1) is 13.3. The van der Waals surface area contributed by atoms with Crippen LogP contribution in [0, 0.1) is 0 Å². The van der Waals surface area contributed by atoms with Crippen molar-refractivity contribution in [3.05, 3.63) is 72.8 Å². The molecule has 1 heterocycles. The van der Waals surface area contributed by atoms with Crippen molar-refractivity contribution in [2.24, 2.45) is 0 Å². The van der Waals surface area contributed by atoms with E-state index >= 15 is 0 Å². The van der Waals surface area contributed by atoms with Crippen LogP contribution in [0.1, 0.15) is 18.5 Å². The van der Waals surface area contributed by atoms with Gasteiger partial charge in [-0.25, -0.2) is 26.5 Å². The smallest absolute Gasteiger partial charge is 0.241 e. The zero-order valence-electron chi connectivity index (χ0n) is 15.1. The molecule has 148 valence electrons. The van der Waals surface area contributed by atoms with Gasteiger partial charge in [-0.3, -0.25) is 4.68 Å². The number of nitrogens with one attached hydrogen (secondary N) is 1. The van der Waals surface area contributed by atoms with E-state index in [4.69, 9.17) is 0 Å².